The van der Waals surface area contributed by atoms with Crippen LogP contribution in [0.25, 0.3) is 11.2 Å². The van der Waals surface area contributed by atoms with Crippen LogP contribution >= 0.6 is 0 Å². The van der Waals surface area contributed by atoms with E-state index < -0.39 is 0 Å². The van der Waals surface area contributed by atoms with Gasteiger partial charge in [-0.05, 0) is 36.3 Å². The quantitative estimate of drug-likeness (QED) is 0.685. The van der Waals surface area contributed by atoms with Crippen LogP contribution in [0.3, 0.4) is 0 Å². The number of aliphatic hydroxyl groups excluding tert-OH is 1. The van der Waals surface area contributed by atoms with Crippen molar-refractivity contribution in [1.82, 2.24) is 19.9 Å². The summed E-state index contributed by atoms with van der Waals surface area (Å²) in [5.74, 6) is 0.885. The normalized spacial score (nSPS) is 18.6. The molecule has 6 heteroatoms. The molecule has 0 aliphatic heterocycles. The van der Waals surface area contributed by atoms with Crippen LogP contribution in [0, 0.1) is 5.92 Å². The second kappa shape index (κ2) is 5.96. The summed E-state index contributed by atoms with van der Waals surface area (Å²) in [6, 6.07) is 8.49. The molecule has 0 radical (unpaired) electrons. The van der Waals surface area contributed by atoms with Gasteiger partial charge in [0.25, 0.3) is 0 Å². The molecule has 2 heterocycles. The van der Waals surface area contributed by atoms with E-state index in [1.54, 1.807) is 12.5 Å². The first-order chi connectivity index (χ1) is 11.3. The molecule has 0 spiro atoms. The molecule has 2 unspecified atom stereocenters. The van der Waals surface area contributed by atoms with E-state index in [-0.39, 0.29) is 12.6 Å². The number of H-pyrrole nitrogens is 1. The zero-order chi connectivity index (χ0) is 15.6. The number of aromatic amines is 1. The molecule has 1 aromatic carbocycles. The van der Waals surface area contributed by atoms with E-state index >= 15 is 0 Å². The second-order valence-electron chi connectivity index (χ2n) is 6.04. The Bertz CT molecular complexity index is 815. The lowest BCUT2D eigenvalue weighted by atomic mass is 9.80. The summed E-state index contributed by atoms with van der Waals surface area (Å²) >= 11 is 0. The lowest BCUT2D eigenvalue weighted by Gasteiger charge is -2.31. The molecular formula is C17H19N5O. The first-order valence-corrected chi connectivity index (χ1v) is 7.94. The fraction of sp³-hybridized carbons (Fsp3) is 0.353. The maximum absolute atomic E-state index is 9.82. The number of imidazole rings is 1. The number of rotatable bonds is 4. The molecule has 3 aromatic rings. The Kier molecular flexibility index (Phi) is 3.67. The second-order valence-corrected chi connectivity index (χ2v) is 6.04. The monoisotopic (exact) mass is 309 g/mol. The maximum Gasteiger partial charge on any atom is 0.225 e. The highest BCUT2D eigenvalue weighted by Gasteiger charge is 2.26. The molecule has 3 N–H and O–H groups in total. The molecule has 2 aromatic heterocycles. The van der Waals surface area contributed by atoms with Gasteiger partial charge >= 0.3 is 0 Å². The molecule has 0 fully saturated rings. The molecule has 1 aliphatic rings. The van der Waals surface area contributed by atoms with Crippen molar-refractivity contribution < 1.29 is 5.11 Å². The largest absolute Gasteiger partial charge is 0.394 e. The van der Waals surface area contributed by atoms with Gasteiger partial charge in [0.1, 0.15) is 5.52 Å². The summed E-state index contributed by atoms with van der Waals surface area (Å²) in [7, 11) is 0. The Morgan fingerprint density at radius 2 is 2.13 bits per heavy atom. The van der Waals surface area contributed by atoms with Gasteiger partial charge in [-0.1, -0.05) is 24.3 Å². The number of hydrogen-bond donors (Lipinski definition) is 3. The van der Waals surface area contributed by atoms with E-state index in [1.807, 2.05) is 0 Å². The van der Waals surface area contributed by atoms with Gasteiger partial charge < -0.3 is 15.4 Å². The fourth-order valence-electron chi connectivity index (χ4n) is 3.35. The van der Waals surface area contributed by atoms with Crippen molar-refractivity contribution in [2.75, 3.05) is 11.9 Å². The van der Waals surface area contributed by atoms with Gasteiger partial charge in [0.05, 0.1) is 25.2 Å². The van der Waals surface area contributed by atoms with Crippen molar-refractivity contribution in [3.63, 3.8) is 0 Å². The predicted molar refractivity (Wildman–Crippen MR) is 88.1 cm³/mol. The minimum Gasteiger partial charge on any atom is -0.394 e. The number of hydrogen-bond acceptors (Lipinski definition) is 5. The van der Waals surface area contributed by atoms with Crippen LogP contribution in [0.4, 0.5) is 5.95 Å². The van der Waals surface area contributed by atoms with E-state index in [4.69, 9.17) is 0 Å². The van der Waals surface area contributed by atoms with E-state index in [9.17, 15) is 5.11 Å². The lowest BCUT2D eigenvalue weighted by molar-refractivity contribution is 0.227. The van der Waals surface area contributed by atoms with E-state index in [0.29, 0.717) is 17.5 Å². The Balaban J connectivity index is 1.52. The summed E-state index contributed by atoms with van der Waals surface area (Å²) in [6.45, 7) is 0.0643. The molecule has 2 atom stereocenters. The highest BCUT2D eigenvalue weighted by molar-refractivity contribution is 5.69. The number of benzene rings is 1. The van der Waals surface area contributed by atoms with E-state index in [1.165, 1.54) is 11.1 Å². The Morgan fingerprint density at radius 3 is 3.00 bits per heavy atom. The number of fused-ring (bicyclic) bond motifs is 2. The first-order valence-electron chi connectivity index (χ1n) is 7.94. The van der Waals surface area contributed by atoms with Crippen LogP contribution in [0.1, 0.15) is 17.5 Å². The third-order valence-electron chi connectivity index (χ3n) is 4.64. The summed E-state index contributed by atoms with van der Waals surface area (Å²) < 4.78 is 0. The van der Waals surface area contributed by atoms with Crippen molar-refractivity contribution >= 4 is 17.1 Å². The number of nitrogens with zero attached hydrogens (tertiary/aromatic N) is 3. The van der Waals surface area contributed by atoms with Crippen LogP contribution in [-0.2, 0) is 12.8 Å². The van der Waals surface area contributed by atoms with Crippen LogP contribution in [0.15, 0.2) is 36.8 Å². The summed E-state index contributed by atoms with van der Waals surface area (Å²) in [4.78, 5) is 15.8. The third kappa shape index (κ3) is 2.77. The summed E-state index contributed by atoms with van der Waals surface area (Å²) in [5, 5.41) is 13.1. The van der Waals surface area contributed by atoms with Crippen molar-refractivity contribution in [3.8, 4) is 0 Å². The third-order valence-corrected chi connectivity index (χ3v) is 4.64. The first kappa shape index (κ1) is 14.1. The number of anilines is 1. The summed E-state index contributed by atoms with van der Waals surface area (Å²) in [6.07, 6.45) is 6.39. The molecule has 0 saturated carbocycles. The van der Waals surface area contributed by atoms with Gasteiger partial charge in [-0.2, -0.15) is 4.98 Å². The molecule has 4 rings (SSSR count). The molecule has 0 bridgehead atoms. The van der Waals surface area contributed by atoms with Crippen molar-refractivity contribution in [3.05, 3.63) is 47.9 Å². The average molecular weight is 309 g/mol. The van der Waals surface area contributed by atoms with Crippen molar-refractivity contribution in [2.45, 2.75) is 25.3 Å². The number of aromatic nitrogens is 4. The van der Waals surface area contributed by atoms with Gasteiger partial charge in [-0.15, -0.1) is 0 Å². The van der Waals surface area contributed by atoms with Gasteiger partial charge in [0, 0.05) is 0 Å². The Labute approximate surface area is 134 Å². The van der Waals surface area contributed by atoms with Crippen LogP contribution in [0.5, 0.6) is 0 Å². The van der Waals surface area contributed by atoms with Crippen LogP contribution in [-0.4, -0.2) is 37.7 Å². The predicted octanol–water partition coefficient (Wildman–Crippen LogP) is 1.93. The minimum absolute atomic E-state index is 0.0558. The molecular weight excluding hydrogens is 290 g/mol. The van der Waals surface area contributed by atoms with Gasteiger partial charge in [0.15, 0.2) is 5.65 Å². The summed E-state index contributed by atoms with van der Waals surface area (Å²) in [5.41, 5.74) is 4.25. The lowest BCUT2D eigenvalue weighted by Crippen LogP contribution is -2.36. The standard InChI is InChI=1S/C17H19N5O/c23-9-15(13-6-5-11-3-1-2-4-12(11)7-13)21-17-18-8-14-16(22-17)20-10-19-14/h1-4,8,10,13,15,23H,5-7,9H2,(H2,18,19,20,21,22). The van der Waals surface area contributed by atoms with Gasteiger partial charge in [-0.3, -0.25) is 0 Å². The zero-order valence-corrected chi connectivity index (χ0v) is 12.7. The molecule has 1 aliphatic carbocycles. The van der Waals surface area contributed by atoms with Crippen LogP contribution < -0.4 is 5.32 Å². The van der Waals surface area contributed by atoms with Gasteiger partial charge in [-0.25, -0.2) is 9.97 Å². The Morgan fingerprint density at radius 1 is 1.26 bits per heavy atom. The molecule has 118 valence electrons. The minimum atomic E-state index is -0.0558. The van der Waals surface area contributed by atoms with Crippen molar-refractivity contribution in [1.29, 1.82) is 0 Å². The number of nitrogens with one attached hydrogen (secondary N) is 2. The molecule has 0 amide bonds. The fourth-order valence-corrected chi connectivity index (χ4v) is 3.35. The maximum atomic E-state index is 9.82. The molecule has 6 nitrogen and oxygen atoms in total. The highest BCUT2D eigenvalue weighted by Crippen LogP contribution is 2.28. The van der Waals surface area contributed by atoms with E-state index in [2.05, 4.69) is 49.5 Å². The van der Waals surface area contributed by atoms with Crippen LogP contribution in [0.2, 0.25) is 0 Å². The zero-order valence-electron chi connectivity index (χ0n) is 12.7. The number of aryl methyl sites for hydroxylation is 1. The van der Waals surface area contributed by atoms with E-state index in [0.717, 1.165) is 24.8 Å². The van der Waals surface area contributed by atoms with Crippen molar-refractivity contribution in [2.24, 2.45) is 5.92 Å². The molecule has 0 saturated heterocycles. The van der Waals surface area contributed by atoms with Gasteiger partial charge in [0.2, 0.25) is 5.95 Å². The Hall–Kier alpha value is -2.47. The average Bonchev–Trinajstić information content (AvgIpc) is 3.07. The smallest absolute Gasteiger partial charge is 0.225 e. The highest BCUT2D eigenvalue weighted by atomic mass is 16.3. The SMILES string of the molecule is OCC(Nc1ncc2[nH]cnc2n1)C1CCc2ccccc2C1. The number of aliphatic hydroxyl groups is 1. The molecule has 23 heavy (non-hydrogen) atoms. The topological polar surface area (TPSA) is 86.7 Å².